The average molecular weight is 280 g/mol. The van der Waals surface area contributed by atoms with Crippen LogP contribution in [-0.2, 0) is 11.2 Å². The summed E-state index contributed by atoms with van der Waals surface area (Å²) in [5.74, 6) is -0.605. The van der Waals surface area contributed by atoms with Crippen LogP contribution in [0.1, 0.15) is 22.3 Å². The first-order chi connectivity index (χ1) is 9.53. The third-order valence-corrected chi connectivity index (χ3v) is 3.11. The molecule has 6 nitrogen and oxygen atoms in total. The van der Waals surface area contributed by atoms with Crippen molar-refractivity contribution in [2.75, 3.05) is 21.2 Å². The number of nitrogens with one attached hydrogen (secondary N) is 2. The van der Waals surface area contributed by atoms with Crippen LogP contribution in [0, 0.1) is 0 Å². The summed E-state index contributed by atoms with van der Waals surface area (Å²) >= 11 is 0. The zero-order valence-corrected chi connectivity index (χ0v) is 11.9. The number of carboxylic acid groups (broad SMARTS) is 1. The van der Waals surface area contributed by atoms with Crippen molar-refractivity contribution in [3.63, 3.8) is 0 Å². The molecule has 0 spiro atoms. The number of carbonyl (C=O) groups is 2. The van der Waals surface area contributed by atoms with Gasteiger partial charge >= 0.3 is 5.97 Å². The second-order valence-corrected chi connectivity index (χ2v) is 4.33. The topological polar surface area (TPSA) is 87.7 Å². The molecular formula is C14H20N2O4. The molecule has 1 atom stereocenters. The molecule has 0 aliphatic carbocycles. The lowest BCUT2D eigenvalue weighted by Gasteiger charge is -2.12. The largest absolute Gasteiger partial charge is 0.496 e. The Morgan fingerprint density at radius 2 is 2.05 bits per heavy atom. The van der Waals surface area contributed by atoms with Crippen LogP contribution in [0.4, 0.5) is 0 Å². The number of hydrogen-bond donors (Lipinski definition) is 3. The predicted octanol–water partition coefficient (Wildman–Crippen LogP) is 0.660. The second kappa shape index (κ2) is 7.49. The van der Waals surface area contributed by atoms with Gasteiger partial charge in [-0.2, -0.15) is 0 Å². The Balaban J connectivity index is 2.83. The van der Waals surface area contributed by atoms with Crippen molar-refractivity contribution >= 4 is 11.9 Å². The van der Waals surface area contributed by atoms with E-state index in [0.717, 1.165) is 5.56 Å². The first-order valence-electron chi connectivity index (χ1n) is 6.32. The summed E-state index contributed by atoms with van der Waals surface area (Å²) in [5.41, 5.74) is 1.39. The van der Waals surface area contributed by atoms with Gasteiger partial charge in [0.1, 0.15) is 11.8 Å². The number of rotatable bonds is 7. The van der Waals surface area contributed by atoms with Crippen molar-refractivity contribution in [1.29, 1.82) is 0 Å². The molecule has 0 fully saturated rings. The van der Waals surface area contributed by atoms with E-state index in [-0.39, 0.29) is 5.91 Å². The van der Waals surface area contributed by atoms with E-state index in [2.05, 4.69) is 10.6 Å². The highest BCUT2D eigenvalue weighted by Gasteiger charge is 2.16. The number of hydrogen-bond acceptors (Lipinski definition) is 4. The van der Waals surface area contributed by atoms with Gasteiger partial charge in [-0.25, -0.2) is 0 Å². The number of ether oxygens (including phenoxy) is 1. The van der Waals surface area contributed by atoms with E-state index in [1.165, 1.54) is 7.11 Å². The minimum atomic E-state index is -0.874. The van der Waals surface area contributed by atoms with Crippen molar-refractivity contribution in [1.82, 2.24) is 10.6 Å². The first kappa shape index (κ1) is 16.0. The number of methoxy groups -OCH3 is 1. The maximum absolute atomic E-state index is 11.6. The molecule has 0 radical (unpaired) electrons. The molecule has 1 rings (SSSR count). The van der Waals surface area contributed by atoms with Crippen LogP contribution in [0.15, 0.2) is 18.2 Å². The van der Waals surface area contributed by atoms with Gasteiger partial charge in [0.25, 0.3) is 5.91 Å². The van der Waals surface area contributed by atoms with E-state index in [9.17, 15) is 9.59 Å². The van der Waals surface area contributed by atoms with Gasteiger partial charge in [-0.15, -0.1) is 0 Å². The molecule has 0 aliphatic heterocycles. The molecule has 1 amide bonds. The number of carbonyl (C=O) groups excluding carboxylic acids is 1. The molecule has 0 heterocycles. The Hall–Kier alpha value is -2.08. The fourth-order valence-electron chi connectivity index (χ4n) is 1.92. The van der Waals surface area contributed by atoms with E-state index in [4.69, 9.17) is 9.84 Å². The highest BCUT2D eigenvalue weighted by atomic mass is 16.5. The maximum atomic E-state index is 11.6. The van der Waals surface area contributed by atoms with E-state index >= 15 is 0 Å². The fourth-order valence-corrected chi connectivity index (χ4v) is 1.92. The molecule has 0 bridgehead atoms. The van der Waals surface area contributed by atoms with E-state index in [0.29, 0.717) is 24.2 Å². The van der Waals surface area contributed by atoms with Crippen LogP contribution < -0.4 is 15.4 Å². The van der Waals surface area contributed by atoms with Gasteiger partial charge in [0, 0.05) is 7.05 Å². The van der Waals surface area contributed by atoms with Crippen LogP contribution in [0.2, 0.25) is 0 Å². The van der Waals surface area contributed by atoms with E-state index in [1.54, 1.807) is 26.2 Å². The SMILES string of the molecule is CNC(=O)c1ccc(CC[C@@H](NC)C(=O)O)cc1OC. The molecule has 3 N–H and O–H groups in total. The molecule has 0 saturated heterocycles. The van der Waals surface area contributed by atoms with Crippen molar-refractivity contribution in [3.8, 4) is 5.75 Å². The quantitative estimate of drug-likeness (QED) is 0.683. The van der Waals surface area contributed by atoms with Gasteiger partial charge in [-0.05, 0) is 37.6 Å². The lowest BCUT2D eigenvalue weighted by atomic mass is 10.0. The number of benzene rings is 1. The Bertz CT molecular complexity index is 488. The number of aliphatic carboxylic acids is 1. The monoisotopic (exact) mass is 280 g/mol. The molecule has 6 heteroatoms. The standard InChI is InChI=1S/C14H20N2O4/c1-15-11(14(18)19)7-5-9-4-6-10(13(17)16-2)12(8-9)20-3/h4,6,8,11,15H,5,7H2,1-3H3,(H,16,17)(H,18,19)/t11-/m1/s1. The highest BCUT2D eigenvalue weighted by Crippen LogP contribution is 2.21. The minimum Gasteiger partial charge on any atom is -0.496 e. The first-order valence-corrected chi connectivity index (χ1v) is 6.32. The maximum Gasteiger partial charge on any atom is 0.320 e. The van der Waals surface area contributed by atoms with Gasteiger partial charge in [0.15, 0.2) is 0 Å². The van der Waals surface area contributed by atoms with Crippen molar-refractivity contribution in [2.24, 2.45) is 0 Å². The molecule has 0 aromatic heterocycles. The molecule has 20 heavy (non-hydrogen) atoms. The Labute approximate surface area is 118 Å². The highest BCUT2D eigenvalue weighted by molar-refractivity contribution is 5.96. The predicted molar refractivity (Wildman–Crippen MR) is 75.2 cm³/mol. The molecule has 1 aromatic carbocycles. The Morgan fingerprint density at radius 1 is 1.35 bits per heavy atom. The minimum absolute atomic E-state index is 0.216. The van der Waals surface area contributed by atoms with Crippen LogP contribution in [0.3, 0.4) is 0 Å². The molecule has 110 valence electrons. The summed E-state index contributed by atoms with van der Waals surface area (Å²) in [6.45, 7) is 0. The van der Waals surface area contributed by atoms with E-state index < -0.39 is 12.0 Å². The van der Waals surface area contributed by atoms with Crippen molar-refractivity contribution in [3.05, 3.63) is 29.3 Å². The summed E-state index contributed by atoms with van der Waals surface area (Å²) in [6.07, 6.45) is 1.05. The number of amides is 1. The van der Waals surface area contributed by atoms with Gasteiger partial charge in [0.2, 0.25) is 0 Å². The van der Waals surface area contributed by atoms with Gasteiger partial charge < -0.3 is 20.5 Å². The smallest absolute Gasteiger partial charge is 0.320 e. The van der Waals surface area contributed by atoms with Gasteiger partial charge in [-0.1, -0.05) is 6.07 Å². The average Bonchev–Trinajstić information content (AvgIpc) is 2.46. The van der Waals surface area contributed by atoms with Crippen molar-refractivity contribution in [2.45, 2.75) is 18.9 Å². The zero-order valence-electron chi connectivity index (χ0n) is 11.9. The van der Waals surface area contributed by atoms with Crippen molar-refractivity contribution < 1.29 is 19.4 Å². The van der Waals surface area contributed by atoms with Crippen LogP contribution in [-0.4, -0.2) is 44.2 Å². The summed E-state index contributed by atoms with van der Waals surface area (Å²) in [4.78, 5) is 22.5. The number of likely N-dealkylation sites (N-methyl/N-ethyl adjacent to an activating group) is 1. The van der Waals surface area contributed by atoms with Crippen LogP contribution in [0.25, 0.3) is 0 Å². The zero-order chi connectivity index (χ0) is 15.1. The van der Waals surface area contributed by atoms with E-state index in [1.807, 2.05) is 6.07 Å². The summed E-state index contributed by atoms with van der Waals surface area (Å²) < 4.78 is 5.20. The summed E-state index contributed by atoms with van der Waals surface area (Å²) in [6, 6.07) is 4.67. The fraction of sp³-hybridized carbons (Fsp3) is 0.429. The molecule has 1 aromatic rings. The van der Waals surface area contributed by atoms with Crippen LogP contribution in [0.5, 0.6) is 5.75 Å². The number of carboxylic acids is 1. The normalized spacial score (nSPS) is 11.8. The molecule has 0 unspecified atom stereocenters. The third-order valence-electron chi connectivity index (χ3n) is 3.11. The van der Waals surface area contributed by atoms with Gasteiger partial charge in [-0.3, -0.25) is 9.59 Å². The number of aryl methyl sites for hydroxylation is 1. The van der Waals surface area contributed by atoms with Crippen LogP contribution >= 0.6 is 0 Å². The lowest BCUT2D eigenvalue weighted by molar-refractivity contribution is -0.139. The summed E-state index contributed by atoms with van der Waals surface area (Å²) in [7, 11) is 4.67. The Morgan fingerprint density at radius 3 is 2.55 bits per heavy atom. The molecular weight excluding hydrogens is 260 g/mol. The third kappa shape index (κ3) is 3.96. The Kier molecular flexibility index (Phi) is 5.99. The second-order valence-electron chi connectivity index (χ2n) is 4.33. The lowest BCUT2D eigenvalue weighted by Crippen LogP contribution is -2.34. The molecule has 0 aliphatic rings. The van der Waals surface area contributed by atoms with Gasteiger partial charge in [0.05, 0.1) is 12.7 Å². The molecule has 0 saturated carbocycles. The summed E-state index contributed by atoms with van der Waals surface area (Å²) in [5, 5.41) is 14.2.